The van der Waals surface area contributed by atoms with E-state index in [4.69, 9.17) is 0 Å². The van der Waals surface area contributed by atoms with Crippen molar-refractivity contribution in [2.24, 2.45) is 0 Å². The summed E-state index contributed by atoms with van der Waals surface area (Å²) in [6, 6.07) is 10.5. The first kappa shape index (κ1) is 11.4. The highest BCUT2D eigenvalue weighted by atomic mass is 16.5. The molecule has 0 saturated carbocycles. The predicted molar refractivity (Wildman–Crippen MR) is 66.9 cm³/mol. The van der Waals surface area contributed by atoms with Crippen LogP contribution in [0, 0.1) is 0 Å². The van der Waals surface area contributed by atoms with Crippen molar-refractivity contribution in [2.75, 3.05) is 7.11 Å². The van der Waals surface area contributed by atoms with Gasteiger partial charge in [-0.05, 0) is 16.8 Å². The number of hydrogen-bond donors (Lipinski definition) is 0. The van der Waals surface area contributed by atoms with Gasteiger partial charge in [0.1, 0.15) is 0 Å². The fourth-order valence-corrected chi connectivity index (χ4v) is 2.26. The highest BCUT2D eigenvalue weighted by molar-refractivity contribution is 6.31. The first-order valence-corrected chi connectivity index (χ1v) is 5.63. The third kappa shape index (κ3) is 1.45. The van der Waals surface area contributed by atoms with E-state index in [1.165, 1.54) is 0 Å². The molecule has 1 aliphatic rings. The highest BCUT2D eigenvalue weighted by Crippen LogP contribution is 2.30. The molecule has 0 saturated heterocycles. The Balaban J connectivity index is 2.28. The molecule has 2 aromatic carbocycles. The zero-order chi connectivity index (χ0) is 13.6. The van der Waals surface area contributed by atoms with Gasteiger partial charge in [-0.15, -0.1) is 0 Å². The van der Waals surface area contributed by atoms with E-state index >= 15 is 0 Å². The van der Waals surface area contributed by atoms with Crippen LogP contribution < -0.4 is 0 Å². The van der Waals surface area contributed by atoms with Gasteiger partial charge in [0.2, 0.25) is 0 Å². The first-order chi connectivity index (χ1) is 9.15. The molecule has 1 aliphatic heterocycles. The zero-order valence-electron chi connectivity index (χ0n) is 10.0. The van der Waals surface area contributed by atoms with E-state index < -0.39 is 17.9 Å². The molecule has 94 valence electrons. The van der Waals surface area contributed by atoms with E-state index in [1.807, 2.05) is 12.1 Å². The Hall–Kier alpha value is -2.69. The number of amides is 3. The lowest BCUT2D eigenvalue weighted by molar-refractivity contribution is 0.0623. The van der Waals surface area contributed by atoms with Crippen LogP contribution in [0.5, 0.6) is 0 Å². The number of methoxy groups -OCH3 is 1. The van der Waals surface area contributed by atoms with Gasteiger partial charge < -0.3 is 4.74 Å². The Morgan fingerprint density at radius 1 is 1.05 bits per heavy atom. The van der Waals surface area contributed by atoms with Gasteiger partial charge in [0, 0.05) is 0 Å². The molecule has 0 radical (unpaired) electrons. The number of benzene rings is 2. The number of carbonyl (C=O) groups excluding carboxylic acids is 3. The van der Waals surface area contributed by atoms with Crippen LogP contribution in [0.15, 0.2) is 36.4 Å². The van der Waals surface area contributed by atoms with E-state index in [2.05, 4.69) is 4.74 Å². The Kier molecular flexibility index (Phi) is 2.35. The van der Waals surface area contributed by atoms with E-state index in [0.29, 0.717) is 10.3 Å². The molecule has 0 spiro atoms. The fourth-order valence-electron chi connectivity index (χ4n) is 2.26. The maximum Gasteiger partial charge on any atom is 0.423 e. The molecule has 1 heterocycles. The maximum atomic E-state index is 12.2. The summed E-state index contributed by atoms with van der Waals surface area (Å²) in [4.78, 5) is 36.3. The number of carbonyl (C=O) groups is 3. The smallest absolute Gasteiger partial charge is 0.423 e. The van der Waals surface area contributed by atoms with Crippen molar-refractivity contribution in [3.05, 3.63) is 47.5 Å². The third-order valence-electron chi connectivity index (χ3n) is 3.14. The van der Waals surface area contributed by atoms with Crippen LogP contribution in [0.1, 0.15) is 20.7 Å². The topological polar surface area (TPSA) is 63.7 Å². The highest BCUT2D eigenvalue weighted by Gasteiger charge is 2.41. The summed E-state index contributed by atoms with van der Waals surface area (Å²) in [6.45, 7) is 0. The van der Waals surface area contributed by atoms with Crippen molar-refractivity contribution in [3.8, 4) is 0 Å². The number of hydrogen-bond acceptors (Lipinski definition) is 4. The molecule has 5 nitrogen and oxygen atoms in total. The Morgan fingerprint density at radius 3 is 2.53 bits per heavy atom. The second-order valence-electron chi connectivity index (χ2n) is 4.13. The molecule has 19 heavy (non-hydrogen) atoms. The maximum absolute atomic E-state index is 12.2. The molecule has 0 aromatic heterocycles. The van der Waals surface area contributed by atoms with Gasteiger partial charge in [-0.2, -0.15) is 4.90 Å². The number of fused-ring (bicyclic) bond motifs is 3. The molecule has 0 aliphatic carbocycles. The van der Waals surface area contributed by atoms with Crippen LogP contribution >= 0.6 is 0 Å². The van der Waals surface area contributed by atoms with Crippen molar-refractivity contribution >= 4 is 28.7 Å². The zero-order valence-corrected chi connectivity index (χ0v) is 10.0. The van der Waals surface area contributed by atoms with Gasteiger partial charge in [0.15, 0.2) is 0 Å². The van der Waals surface area contributed by atoms with Crippen LogP contribution in [0.4, 0.5) is 4.79 Å². The van der Waals surface area contributed by atoms with Crippen molar-refractivity contribution in [1.82, 2.24) is 4.90 Å². The van der Waals surface area contributed by atoms with E-state index in [0.717, 1.165) is 12.5 Å². The van der Waals surface area contributed by atoms with Crippen molar-refractivity contribution in [1.29, 1.82) is 0 Å². The summed E-state index contributed by atoms with van der Waals surface area (Å²) in [6.07, 6.45) is -0.963. The van der Waals surface area contributed by atoms with Gasteiger partial charge in [-0.3, -0.25) is 9.59 Å². The summed E-state index contributed by atoms with van der Waals surface area (Å²) >= 11 is 0. The molecule has 2 aromatic rings. The lowest BCUT2D eigenvalue weighted by atomic mass is 10.0. The van der Waals surface area contributed by atoms with Crippen LogP contribution in [-0.4, -0.2) is 29.9 Å². The lowest BCUT2D eigenvalue weighted by Crippen LogP contribution is -2.35. The average molecular weight is 255 g/mol. The van der Waals surface area contributed by atoms with Gasteiger partial charge >= 0.3 is 6.09 Å². The second-order valence-corrected chi connectivity index (χ2v) is 4.13. The summed E-state index contributed by atoms with van der Waals surface area (Å²) in [5.74, 6) is -1.28. The van der Waals surface area contributed by atoms with Crippen LogP contribution in [0.2, 0.25) is 0 Å². The van der Waals surface area contributed by atoms with Gasteiger partial charge in [0.25, 0.3) is 11.8 Å². The SMILES string of the molecule is COC(=O)N1C(=O)c2ccc3ccccc3c2C1=O. The Labute approximate surface area is 108 Å². The van der Waals surface area contributed by atoms with Crippen molar-refractivity contribution in [3.63, 3.8) is 0 Å². The van der Waals surface area contributed by atoms with Gasteiger partial charge in [-0.1, -0.05) is 30.3 Å². The molecule has 0 bridgehead atoms. The van der Waals surface area contributed by atoms with Gasteiger partial charge in [-0.25, -0.2) is 4.79 Å². The molecule has 3 amide bonds. The standard InChI is InChI=1S/C14H9NO4/c1-19-14(18)15-12(16)10-7-6-8-4-2-3-5-9(8)11(10)13(15)17/h2-7H,1H3. The number of nitrogens with zero attached hydrogens (tertiary/aromatic N) is 1. The first-order valence-electron chi connectivity index (χ1n) is 5.63. The minimum Gasteiger partial charge on any atom is -0.452 e. The summed E-state index contributed by atoms with van der Waals surface area (Å²) in [5, 5.41) is 1.50. The molecule has 0 atom stereocenters. The Morgan fingerprint density at radius 2 is 1.79 bits per heavy atom. The van der Waals surface area contributed by atoms with Crippen LogP contribution in [-0.2, 0) is 4.74 Å². The average Bonchev–Trinajstić information content (AvgIpc) is 2.70. The van der Waals surface area contributed by atoms with Crippen molar-refractivity contribution in [2.45, 2.75) is 0 Å². The summed E-state index contributed by atoms with van der Waals surface area (Å²) in [5.41, 5.74) is 0.489. The van der Waals surface area contributed by atoms with Crippen molar-refractivity contribution < 1.29 is 19.1 Å². The normalized spacial score (nSPS) is 13.8. The summed E-state index contributed by atoms with van der Waals surface area (Å²) in [7, 11) is 1.13. The largest absolute Gasteiger partial charge is 0.452 e. The quantitative estimate of drug-likeness (QED) is 0.677. The van der Waals surface area contributed by atoms with Crippen LogP contribution in [0.25, 0.3) is 10.8 Å². The predicted octanol–water partition coefficient (Wildman–Crippen LogP) is 2.20. The van der Waals surface area contributed by atoms with Crippen LogP contribution in [0.3, 0.4) is 0 Å². The lowest BCUT2D eigenvalue weighted by Gasteiger charge is -2.08. The molecule has 0 N–H and O–H groups in total. The Bertz CT molecular complexity index is 735. The fraction of sp³-hybridized carbons (Fsp3) is 0.0714. The molecular weight excluding hydrogens is 246 g/mol. The third-order valence-corrected chi connectivity index (χ3v) is 3.14. The number of ether oxygens (including phenoxy) is 1. The summed E-state index contributed by atoms with van der Waals surface area (Å²) < 4.78 is 4.46. The molecule has 3 rings (SSSR count). The minimum atomic E-state index is -0.963. The van der Waals surface area contributed by atoms with E-state index in [-0.39, 0.29) is 11.1 Å². The molecule has 0 fully saturated rings. The molecule has 0 unspecified atom stereocenters. The second kappa shape index (κ2) is 3.91. The number of imide groups is 3. The number of rotatable bonds is 0. The van der Waals surface area contributed by atoms with E-state index in [9.17, 15) is 14.4 Å². The van der Waals surface area contributed by atoms with Gasteiger partial charge in [0.05, 0.1) is 18.2 Å². The monoisotopic (exact) mass is 255 g/mol. The minimum absolute atomic E-state index is 0.231. The molecule has 5 heteroatoms. The van der Waals surface area contributed by atoms with E-state index in [1.54, 1.807) is 24.3 Å². The molecular formula is C14H9NO4.